The predicted octanol–water partition coefficient (Wildman–Crippen LogP) is 0.437. The number of hydrogen-bond acceptors (Lipinski definition) is 6. The molecule has 1 amide bonds. The van der Waals surface area contributed by atoms with Gasteiger partial charge >= 0.3 is 0 Å². The minimum atomic E-state index is -0.229. The van der Waals surface area contributed by atoms with E-state index in [4.69, 9.17) is 0 Å². The minimum absolute atomic E-state index is 0.229. The topological polar surface area (TPSA) is 88.3 Å². The molecule has 3 aromatic heterocycles. The van der Waals surface area contributed by atoms with Crippen LogP contribution in [0.2, 0.25) is 0 Å². The molecule has 1 aliphatic heterocycles. The van der Waals surface area contributed by atoms with Gasteiger partial charge in [-0.05, 0) is 19.2 Å². The van der Waals surface area contributed by atoms with Gasteiger partial charge in [0, 0.05) is 37.0 Å². The molecule has 0 bridgehead atoms. The maximum atomic E-state index is 12.4. The Morgan fingerprint density at radius 2 is 2.25 bits per heavy atom. The van der Waals surface area contributed by atoms with Crippen LogP contribution in [0.25, 0.3) is 5.65 Å². The SMILES string of the molecule is CN1CCc2nc(CNC(=O)c3cccc4ncnn34)ncc2C1. The number of fused-ring (bicyclic) bond motifs is 2. The molecule has 0 unspecified atom stereocenters. The van der Waals surface area contributed by atoms with Crippen LogP contribution in [0.15, 0.2) is 30.7 Å². The van der Waals surface area contributed by atoms with Gasteiger partial charge in [0.15, 0.2) is 5.65 Å². The molecule has 1 N–H and O–H groups in total. The molecule has 8 heteroatoms. The fourth-order valence-electron chi connectivity index (χ4n) is 2.85. The molecule has 0 radical (unpaired) electrons. The van der Waals surface area contributed by atoms with Crippen LogP contribution in [-0.4, -0.2) is 49.0 Å². The van der Waals surface area contributed by atoms with E-state index in [9.17, 15) is 4.79 Å². The molecule has 0 fully saturated rings. The summed E-state index contributed by atoms with van der Waals surface area (Å²) in [6.45, 7) is 2.15. The van der Waals surface area contributed by atoms with E-state index in [-0.39, 0.29) is 12.5 Å². The zero-order valence-electron chi connectivity index (χ0n) is 13.3. The van der Waals surface area contributed by atoms with Crippen LogP contribution in [0.4, 0.5) is 0 Å². The summed E-state index contributed by atoms with van der Waals surface area (Å²) in [6.07, 6.45) is 4.20. The van der Waals surface area contributed by atoms with Gasteiger partial charge in [0.2, 0.25) is 0 Å². The highest BCUT2D eigenvalue weighted by Gasteiger charge is 2.16. The van der Waals surface area contributed by atoms with Crippen LogP contribution in [0, 0.1) is 0 Å². The Morgan fingerprint density at radius 3 is 3.17 bits per heavy atom. The van der Waals surface area contributed by atoms with Gasteiger partial charge < -0.3 is 10.2 Å². The lowest BCUT2D eigenvalue weighted by atomic mass is 10.1. The number of hydrogen-bond donors (Lipinski definition) is 1. The maximum Gasteiger partial charge on any atom is 0.270 e. The molecule has 0 saturated carbocycles. The average Bonchev–Trinajstić information content (AvgIpc) is 3.08. The predicted molar refractivity (Wildman–Crippen MR) is 86.2 cm³/mol. The largest absolute Gasteiger partial charge is 0.343 e. The molecular weight excluding hydrogens is 306 g/mol. The van der Waals surface area contributed by atoms with Crippen LogP contribution >= 0.6 is 0 Å². The number of nitrogens with one attached hydrogen (secondary N) is 1. The summed E-state index contributed by atoms with van der Waals surface area (Å²) in [5.74, 6) is 0.393. The quantitative estimate of drug-likeness (QED) is 0.752. The highest BCUT2D eigenvalue weighted by molar-refractivity contribution is 5.92. The smallest absolute Gasteiger partial charge is 0.270 e. The fraction of sp³-hybridized carbons (Fsp3) is 0.312. The molecule has 0 atom stereocenters. The molecule has 1 aliphatic rings. The lowest BCUT2D eigenvalue weighted by molar-refractivity contribution is 0.0942. The second-order valence-corrected chi connectivity index (χ2v) is 5.87. The van der Waals surface area contributed by atoms with Gasteiger partial charge in [0.05, 0.1) is 6.54 Å². The van der Waals surface area contributed by atoms with Crippen molar-refractivity contribution in [2.45, 2.75) is 19.5 Å². The first-order chi connectivity index (χ1) is 11.7. The Kier molecular flexibility index (Phi) is 3.66. The third-order valence-electron chi connectivity index (χ3n) is 4.12. The molecule has 4 rings (SSSR count). The Morgan fingerprint density at radius 1 is 1.33 bits per heavy atom. The summed E-state index contributed by atoms with van der Waals surface area (Å²) < 4.78 is 1.51. The monoisotopic (exact) mass is 323 g/mol. The van der Waals surface area contributed by atoms with E-state index in [1.54, 1.807) is 18.2 Å². The number of carbonyl (C=O) groups excluding carboxylic acids is 1. The summed E-state index contributed by atoms with van der Waals surface area (Å²) in [5, 5.41) is 6.92. The third kappa shape index (κ3) is 2.71. The average molecular weight is 323 g/mol. The van der Waals surface area contributed by atoms with E-state index in [1.165, 1.54) is 10.8 Å². The van der Waals surface area contributed by atoms with E-state index in [0.717, 1.165) is 30.8 Å². The van der Waals surface area contributed by atoms with Gasteiger partial charge in [-0.25, -0.2) is 19.5 Å². The number of likely N-dealkylation sites (N-methyl/N-ethyl adjacent to an activating group) is 1. The summed E-state index contributed by atoms with van der Waals surface area (Å²) in [4.78, 5) is 27.7. The second kappa shape index (κ2) is 5.97. The first-order valence-corrected chi connectivity index (χ1v) is 7.80. The van der Waals surface area contributed by atoms with Crippen molar-refractivity contribution in [3.05, 3.63) is 53.5 Å². The highest BCUT2D eigenvalue weighted by Crippen LogP contribution is 2.14. The zero-order valence-corrected chi connectivity index (χ0v) is 13.3. The van der Waals surface area contributed by atoms with Crippen LogP contribution in [0.3, 0.4) is 0 Å². The van der Waals surface area contributed by atoms with Gasteiger partial charge in [-0.15, -0.1) is 0 Å². The van der Waals surface area contributed by atoms with Crippen molar-refractivity contribution in [2.24, 2.45) is 0 Å². The number of pyridine rings is 1. The van der Waals surface area contributed by atoms with Gasteiger partial charge in [-0.1, -0.05) is 6.07 Å². The number of nitrogens with zero attached hydrogens (tertiary/aromatic N) is 6. The summed E-state index contributed by atoms with van der Waals surface area (Å²) in [7, 11) is 2.09. The van der Waals surface area contributed by atoms with Crippen molar-refractivity contribution < 1.29 is 4.79 Å². The number of rotatable bonds is 3. The van der Waals surface area contributed by atoms with Crippen molar-refractivity contribution in [1.82, 2.24) is 34.8 Å². The van der Waals surface area contributed by atoms with Crippen LogP contribution in [-0.2, 0) is 19.5 Å². The van der Waals surface area contributed by atoms with E-state index >= 15 is 0 Å². The second-order valence-electron chi connectivity index (χ2n) is 5.87. The number of amides is 1. The molecule has 3 aromatic rings. The van der Waals surface area contributed by atoms with Crippen molar-refractivity contribution >= 4 is 11.6 Å². The minimum Gasteiger partial charge on any atom is -0.343 e. The molecule has 4 heterocycles. The molecular formula is C16H17N7O. The fourth-order valence-corrected chi connectivity index (χ4v) is 2.85. The molecule has 0 spiro atoms. The van der Waals surface area contributed by atoms with Gasteiger partial charge in [-0.2, -0.15) is 5.10 Å². The Labute approximate surface area is 138 Å². The molecule has 8 nitrogen and oxygen atoms in total. The molecule has 24 heavy (non-hydrogen) atoms. The van der Waals surface area contributed by atoms with E-state index < -0.39 is 0 Å². The molecule has 0 aromatic carbocycles. The summed E-state index contributed by atoms with van der Waals surface area (Å²) in [6, 6.07) is 5.29. The van der Waals surface area contributed by atoms with Crippen molar-refractivity contribution in [1.29, 1.82) is 0 Å². The number of carbonyl (C=O) groups is 1. The first-order valence-electron chi connectivity index (χ1n) is 7.80. The van der Waals surface area contributed by atoms with Crippen LogP contribution in [0.5, 0.6) is 0 Å². The van der Waals surface area contributed by atoms with Crippen molar-refractivity contribution in [3.8, 4) is 0 Å². The normalized spacial score (nSPS) is 14.5. The Bertz CT molecular complexity index is 904. The van der Waals surface area contributed by atoms with Gasteiger partial charge in [-0.3, -0.25) is 4.79 Å². The van der Waals surface area contributed by atoms with E-state index in [2.05, 4.69) is 37.3 Å². The summed E-state index contributed by atoms with van der Waals surface area (Å²) in [5.41, 5.74) is 3.30. The Balaban J connectivity index is 1.49. The van der Waals surface area contributed by atoms with Crippen LogP contribution < -0.4 is 5.32 Å². The van der Waals surface area contributed by atoms with Crippen molar-refractivity contribution in [2.75, 3.05) is 13.6 Å². The summed E-state index contributed by atoms with van der Waals surface area (Å²) >= 11 is 0. The molecule has 0 aliphatic carbocycles. The lowest BCUT2D eigenvalue weighted by Crippen LogP contribution is -2.29. The van der Waals surface area contributed by atoms with Crippen molar-refractivity contribution in [3.63, 3.8) is 0 Å². The lowest BCUT2D eigenvalue weighted by Gasteiger charge is -2.23. The molecule has 0 saturated heterocycles. The molecule has 122 valence electrons. The van der Waals surface area contributed by atoms with Crippen LogP contribution in [0.1, 0.15) is 27.6 Å². The van der Waals surface area contributed by atoms with E-state index in [1.807, 2.05) is 6.20 Å². The van der Waals surface area contributed by atoms with Gasteiger partial charge in [0.25, 0.3) is 5.91 Å². The van der Waals surface area contributed by atoms with Gasteiger partial charge in [0.1, 0.15) is 17.8 Å². The van der Waals surface area contributed by atoms with E-state index in [0.29, 0.717) is 17.2 Å². The third-order valence-corrected chi connectivity index (χ3v) is 4.12. The first kappa shape index (κ1) is 14.7. The maximum absolute atomic E-state index is 12.4. The zero-order chi connectivity index (χ0) is 16.5. The Hall–Kier alpha value is -2.87. The highest BCUT2D eigenvalue weighted by atomic mass is 16.2. The number of aromatic nitrogens is 5. The standard InChI is InChI=1S/C16H17N7O/c1-22-6-5-12-11(9-22)7-17-14(21-12)8-18-16(24)13-3-2-4-15-19-10-20-23(13)15/h2-4,7,10H,5-6,8-9H2,1H3,(H,18,24).